The van der Waals surface area contributed by atoms with Crippen LogP contribution in [0.4, 0.5) is 5.95 Å². The molecule has 0 unspecified atom stereocenters. The second-order valence-corrected chi connectivity index (χ2v) is 7.13. The third-order valence-electron chi connectivity index (χ3n) is 5.12. The quantitative estimate of drug-likeness (QED) is 0.727. The number of aryl methyl sites for hydroxylation is 1. The molecule has 3 aromatic rings. The molecule has 0 saturated carbocycles. The van der Waals surface area contributed by atoms with Crippen molar-refractivity contribution in [1.82, 2.24) is 15.3 Å². The van der Waals surface area contributed by atoms with Gasteiger partial charge < -0.3 is 15.0 Å². The molecule has 2 aromatic carbocycles. The van der Waals surface area contributed by atoms with Gasteiger partial charge in [0, 0.05) is 30.9 Å². The summed E-state index contributed by atoms with van der Waals surface area (Å²) in [7, 11) is 1.62. The Labute approximate surface area is 170 Å². The summed E-state index contributed by atoms with van der Waals surface area (Å²) in [4.78, 5) is 24.0. The SMILES string of the molecule is COc1ccccc1CNC(=O)c1cc(C)nc(N2CCc3ccccc3C2)n1. The summed E-state index contributed by atoms with van der Waals surface area (Å²) in [6, 6.07) is 17.8. The maximum absolute atomic E-state index is 12.7. The Kier molecular flexibility index (Phi) is 5.42. The minimum absolute atomic E-state index is 0.222. The van der Waals surface area contributed by atoms with Gasteiger partial charge >= 0.3 is 0 Å². The molecule has 0 atom stereocenters. The zero-order valence-corrected chi connectivity index (χ0v) is 16.7. The Morgan fingerprint density at radius 2 is 1.86 bits per heavy atom. The average molecular weight is 388 g/mol. The van der Waals surface area contributed by atoms with Gasteiger partial charge in [0.05, 0.1) is 7.11 Å². The normalized spacial score (nSPS) is 13.0. The topological polar surface area (TPSA) is 67.3 Å². The molecule has 4 rings (SSSR count). The van der Waals surface area contributed by atoms with E-state index in [4.69, 9.17) is 4.74 Å². The van der Waals surface area contributed by atoms with Crippen molar-refractivity contribution in [2.24, 2.45) is 0 Å². The number of benzene rings is 2. The maximum Gasteiger partial charge on any atom is 0.270 e. The first kappa shape index (κ1) is 18.9. The van der Waals surface area contributed by atoms with Crippen LogP contribution in [0.5, 0.6) is 5.75 Å². The number of nitrogens with one attached hydrogen (secondary N) is 1. The van der Waals surface area contributed by atoms with Crippen LogP contribution in [0.3, 0.4) is 0 Å². The Bertz CT molecular complexity index is 1030. The molecule has 29 heavy (non-hydrogen) atoms. The molecule has 1 aliphatic rings. The van der Waals surface area contributed by atoms with Gasteiger partial charge in [-0.05, 0) is 36.6 Å². The number of aromatic nitrogens is 2. The van der Waals surface area contributed by atoms with E-state index in [1.54, 1.807) is 13.2 Å². The summed E-state index contributed by atoms with van der Waals surface area (Å²) in [5.74, 6) is 1.13. The van der Waals surface area contributed by atoms with E-state index in [2.05, 4.69) is 44.5 Å². The summed E-state index contributed by atoms with van der Waals surface area (Å²) in [5.41, 5.74) is 4.72. The molecule has 2 heterocycles. The van der Waals surface area contributed by atoms with Crippen molar-refractivity contribution >= 4 is 11.9 Å². The average Bonchev–Trinajstić information content (AvgIpc) is 2.76. The van der Waals surface area contributed by atoms with Crippen molar-refractivity contribution in [1.29, 1.82) is 0 Å². The Hall–Kier alpha value is -3.41. The predicted molar refractivity (Wildman–Crippen MR) is 112 cm³/mol. The number of anilines is 1. The van der Waals surface area contributed by atoms with Gasteiger partial charge in [-0.2, -0.15) is 0 Å². The zero-order valence-electron chi connectivity index (χ0n) is 16.7. The number of fused-ring (bicyclic) bond motifs is 1. The molecule has 1 N–H and O–H groups in total. The lowest BCUT2D eigenvalue weighted by molar-refractivity contribution is 0.0945. The number of nitrogens with zero attached hydrogens (tertiary/aromatic N) is 3. The van der Waals surface area contributed by atoms with Gasteiger partial charge in [-0.1, -0.05) is 42.5 Å². The van der Waals surface area contributed by atoms with Gasteiger partial charge in [0.2, 0.25) is 5.95 Å². The lowest BCUT2D eigenvalue weighted by Crippen LogP contribution is -2.33. The first-order valence-electron chi connectivity index (χ1n) is 9.71. The van der Waals surface area contributed by atoms with E-state index in [-0.39, 0.29) is 5.91 Å². The second kappa shape index (κ2) is 8.31. The van der Waals surface area contributed by atoms with Crippen molar-refractivity contribution in [3.63, 3.8) is 0 Å². The largest absolute Gasteiger partial charge is 0.496 e. The van der Waals surface area contributed by atoms with Crippen LogP contribution in [-0.4, -0.2) is 29.5 Å². The minimum atomic E-state index is -0.222. The summed E-state index contributed by atoms with van der Waals surface area (Å²) >= 11 is 0. The van der Waals surface area contributed by atoms with E-state index in [1.165, 1.54) is 11.1 Å². The monoisotopic (exact) mass is 388 g/mol. The standard InChI is InChI=1S/C23H24N4O2/c1-16-13-20(22(28)24-14-18-8-5-6-10-21(18)29-2)26-23(25-16)27-12-11-17-7-3-4-9-19(17)15-27/h3-10,13H,11-12,14-15H2,1-2H3,(H,24,28). The van der Waals surface area contributed by atoms with E-state index in [0.29, 0.717) is 18.2 Å². The molecule has 0 radical (unpaired) electrons. The number of methoxy groups -OCH3 is 1. The number of para-hydroxylation sites is 1. The number of hydrogen-bond donors (Lipinski definition) is 1. The van der Waals surface area contributed by atoms with Crippen molar-refractivity contribution in [3.05, 3.63) is 82.7 Å². The first-order chi connectivity index (χ1) is 14.1. The predicted octanol–water partition coefficient (Wildman–Crippen LogP) is 3.29. The molecule has 0 fully saturated rings. The van der Waals surface area contributed by atoms with Crippen LogP contribution in [-0.2, 0) is 19.5 Å². The molecular weight excluding hydrogens is 364 g/mol. The van der Waals surface area contributed by atoms with E-state index in [0.717, 1.165) is 36.5 Å². The Balaban J connectivity index is 1.50. The van der Waals surface area contributed by atoms with Gasteiger partial charge in [0.25, 0.3) is 5.91 Å². The molecule has 0 bridgehead atoms. The number of ether oxygens (including phenoxy) is 1. The maximum atomic E-state index is 12.7. The molecule has 1 aromatic heterocycles. The van der Waals surface area contributed by atoms with Crippen LogP contribution in [0.2, 0.25) is 0 Å². The highest BCUT2D eigenvalue weighted by Gasteiger charge is 2.20. The Morgan fingerprint density at radius 3 is 2.69 bits per heavy atom. The van der Waals surface area contributed by atoms with Crippen LogP contribution >= 0.6 is 0 Å². The third-order valence-corrected chi connectivity index (χ3v) is 5.12. The van der Waals surface area contributed by atoms with Crippen LogP contribution in [0.25, 0.3) is 0 Å². The van der Waals surface area contributed by atoms with Crippen LogP contribution in [0, 0.1) is 6.92 Å². The van der Waals surface area contributed by atoms with E-state index in [1.807, 2.05) is 31.2 Å². The molecular formula is C23H24N4O2. The smallest absolute Gasteiger partial charge is 0.270 e. The fraction of sp³-hybridized carbons (Fsp3) is 0.261. The number of carbonyl (C=O) groups excluding carboxylic acids is 1. The minimum Gasteiger partial charge on any atom is -0.496 e. The summed E-state index contributed by atoms with van der Waals surface area (Å²) in [6.07, 6.45) is 0.947. The van der Waals surface area contributed by atoms with Crippen LogP contribution < -0.4 is 15.0 Å². The fourth-order valence-corrected chi connectivity index (χ4v) is 3.59. The Morgan fingerprint density at radius 1 is 1.10 bits per heavy atom. The molecule has 0 spiro atoms. The van der Waals surface area contributed by atoms with E-state index < -0.39 is 0 Å². The highest BCUT2D eigenvalue weighted by atomic mass is 16.5. The van der Waals surface area contributed by atoms with Crippen molar-refractivity contribution in [2.45, 2.75) is 26.4 Å². The number of rotatable bonds is 5. The molecule has 148 valence electrons. The highest BCUT2D eigenvalue weighted by Crippen LogP contribution is 2.22. The number of hydrogen-bond acceptors (Lipinski definition) is 5. The van der Waals surface area contributed by atoms with Crippen molar-refractivity contribution in [3.8, 4) is 5.75 Å². The van der Waals surface area contributed by atoms with Gasteiger partial charge in [-0.3, -0.25) is 4.79 Å². The molecule has 0 saturated heterocycles. The van der Waals surface area contributed by atoms with E-state index in [9.17, 15) is 4.79 Å². The molecule has 1 amide bonds. The van der Waals surface area contributed by atoms with Crippen molar-refractivity contribution < 1.29 is 9.53 Å². The molecule has 6 nitrogen and oxygen atoms in total. The summed E-state index contributed by atoms with van der Waals surface area (Å²) in [5, 5.41) is 2.94. The van der Waals surface area contributed by atoms with Crippen molar-refractivity contribution in [2.75, 3.05) is 18.6 Å². The molecule has 1 aliphatic heterocycles. The van der Waals surface area contributed by atoms with E-state index >= 15 is 0 Å². The van der Waals surface area contributed by atoms with Gasteiger partial charge in [0.15, 0.2) is 0 Å². The zero-order chi connectivity index (χ0) is 20.2. The number of amides is 1. The van der Waals surface area contributed by atoms with Gasteiger partial charge in [0.1, 0.15) is 11.4 Å². The lowest BCUT2D eigenvalue weighted by Gasteiger charge is -2.29. The fourth-order valence-electron chi connectivity index (χ4n) is 3.59. The van der Waals surface area contributed by atoms with Crippen LogP contribution in [0.15, 0.2) is 54.6 Å². The molecule has 6 heteroatoms. The van der Waals surface area contributed by atoms with Gasteiger partial charge in [-0.25, -0.2) is 9.97 Å². The summed E-state index contributed by atoms with van der Waals surface area (Å²) in [6.45, 7) is 3.85. The van der Waals surface area contributed by atoms with Gasteiger partial charge in [-0.15, -0.1) is 0 Å². The third kappa shape index (κ3) is 4.21. The summed E-state index contributed by atoms with van der Waals surface area (Å²) < 4.78 is 5.35. The van der Waals surface area contributed by atoms with Crippen LogP contribution in [0.1, 0.15) is 32.9 Å². The number of carbonyl (C=O) groups is 1. The molecule has 0 aliphatic carbocycles. The highest BCUT2D eigenvalue weighted by molar-refractivity contribution is 5.92. The first-order valence-corrected chi connectivity index (χ1v) is 9.71. The second-order valence-electron chi connectivity index (χ2n) is 7.13. The lowest BCUT2D eigenvalue weighted by atomic mass is 10.0.